The number of aromatic amines is 1. The third-order valence-electron chi connectivity index (χ3n) is 6.67. The molecule has 2 N–H and O–H groups in total. The van der Waals surface area contributed by atoms with Crippen molar-refractivity contribution in [2.45, 2.75) is 0 Å². The zero-order valence-electron chi connectivity index (χ0n) is 21.7. The van der Waals surface area contributed by atoms with E-state index in [4.69, 9.17) is 16.3 Å². The molecular weight excluding hydrogens is 682 g/mol. The van der Waals surface area contributed by atoms with Gasteiger partial charge in [-0.25, -0.2) is 10.2 Å². The van der Waals surface area contributed by atoms with Crippen molar-refractivity contribution in [2.24, 2.45) is 5.10 Å². The predicted molar refractivity (Wildman–Crippen MR) is 175 cm³/mol. The Hall–Kier alpha value is -4.24. The highest BCUT2D eigenvalue weighted by Gasteiger charge is 2.21. The highest BCUT2D eigenvalue weighted by atomic mass is 79.9. The number of ether oxygens (including phenoxy) is 1. The van der Waals surface area contributed by atoms with Crippen molar-refractivity contribution in [3.63, 3.8) is 0 Å². The number of esters is 1. The summed E-state index contributed by atoms with van der Waals surface area (Å²) in [5.41, 5.74) is 6.38. The second-order valence-electron chi connectivity index (χ2n) is 9.35. The zero-order chi connectivity index (χ0) is 29.2. The number of aromatic nitrogens is 1. The lowest BCUT2D eigenvalue weighted by atomic mass is 9.99. The number of hydrazone groups is 1. The maximum Gasteiger partial charge on any atom is 0.343 e. The fourth-order valence-corrected chi connectivity index (χ4v) is 6.21. The average Bonchev–Trinajstić information content (AvgIpc) is 3.40. The van der Waals surface area contributed by atoms with E-state index in [2.05, 4.69) is 53.4 Å². The third kappa shape index (κ3) is 5.61. The first-order valence-electron chi connectivity index (χ1n) is 12.8. The van der Waals surface area contributed by atoms with Crippen LogP contribution in [0.2, 0.25) is 5.02 Å². The summed E-state index contributed by atoms with van der Waals surface area (Å²) in [6.07, 6.45) is 1.43. The Balaban J connectivity index is 1.33. The zero-order valence-corrected chi connectivity index (χ0v) is 25.6. The summed E-state index contributed by atoms with van der Waals surface area (Å²) in [5.74, 6) is -0.733. The van der Waals surface area contributed by atoms with Crippen molar-refractivity contribution in [1.82, 2.24) is 10.4 Å². The molecule has 0 aliphatic carbocycles. The number of hydrogen-bond donors (Lipinski definition) is 2. The lowest BCUT2D eigenvalue weighted by Crippen LogP contribution is -2.19. The molecule has 0 unspecified atom stereocenters. The van der Waals surface area contributed by atoms with Gasteiger partial charge in [0.15, 0.2) is 5.75 Å². The van der Waals surface area contributed by atoms with Crippen molar-refractivity contribution in [2.75, 3.05) is 0 Å². The van der Waals surface area contributed by atoms with Crippen LogP contribution in [-0.4, -0.2) is 23.1 Å². The first kappa shape index (κ1) is 27.9. The van der Waals surface area contributed by atoms with Crippen molar-refractivity contribution in [3.8, 4) is 16.9 Å². The molecule has 5 aromatic carbocycles. The van der Waals surface area contributed by atoms with Gasteiger partial charge in [0.2, 0.25) is 0 Å². The van der Waals surface area contributed by atoms with Crippen molar-refractivity contribution in [3.05, 3.63) is 134 Å². The van der Waals surface area contributed by atoms with Crippen LogP contribution in [0.25, 0.3) is 32.8 Å². The maximum atomic E-state index is 13.6. The maximum absolute atomic E-state index is 13.6. The summed E-state index contributed by atoms with van der Waals surface area (Å²) in [5, 5.41) is 7.75. The topological polar surface area (TPSA) is 83.5 Å². The summed E-state index contributed by atoms with van der Waals surface area (Å²) in [4.78, 5) is 29.7. The van der Waals surface area contributed by atoms with E-state index in [0.29, 0.717) is 26.3 Å². The first-order valence-corrected chi connectivity index (χ1v) is 14.7. The number of nitrogens with zero attached hydrogens (tertiary/aromatic N) is 1. The normalized spacial score (nSPS) is 11.3. The van der Waals surface area contributed by atoms with Gasteiger partial charge in [-0.2, -0.15) is 5.10 Å². The minimum absolute atomic E-state index is 0.248. The molecule has 9 heteroatoms. The second-order valence-corrected chi connectivity index (χ2v) is 11.6. The van der Waals surface area contributed by atoms with Gasteiger partial charge in [-0.05, 0) is 63.3 Å². The van der Waals surface area contributed by atoms with Crippen LogP contribution in [0.15, 0.2) is 117 Å². The van der Waals surface area contributed by atoms with E-state index in [-0.39, 0.29) is 5.75 Å². The van der Waals surface area contributed by atoms with Gasteiger partial charge in [0.05, 0.1) is 21.8 Å². The second kappa shape index (κ2) is 11.9. The van der Waals surface area contributed by atoms with E-state index in [1.807, 2.05) is 60.7 Å². The lowest BCUT2D eigenvalue weighted by molar-refractivity contribution is 0.0733. The number of halogens is 3. The minimum atomic E-state index is -0.564. The largest absolute Gasteiger partial charge is 0.421 e. The van der Waals surface area contributed by atoms with E-state index >= 15 is 0 Å². The van der Waals surface area contributed by atoms with Crippen LogP contribution >= 0.6 is 43.5 Å². The molecule has 1 heterocycles. The number of carbonyl (C=O) groups excluding carboxylic acids is 2. The van der Waals surface area contributed by atoms with Crippen LogP contribution in [0, 0.1) is 0 Å². The van der Waals surface area contributed by atoms with Crippen LogP contribution in [0.5, 0.6) is 5.75 Å². The van der Waals surface area contributed by atoms with Gasteiger partial charge in [0, 0.05) is 31.4 Å². The number of fused-ring (bicyclic) bond motifs is 3. The van der Waals surface area contributed by atoms with Crippen molar-refractivity contribution >= 4 is 83.2 Å². The van der Waals surface area contributed by atoms with Crippen molar-refractivity contribution < 1.29 is 14.3 Å². The van der Waals surface area contributed by atoms with Gasteiger partial charge in [-0.15, -0.1) is 0 Å². The molecule has 0 spiro atoms. The Labute approximate surface area is 262 Å². The molecule has 6 nitrogen and oxygen atoms in total. The number of rotatable bonds is 6. The molecular formula is C33H20Br2ClN3O3. The summed E-state index contributed by atoms with van der Waals surface area (Å²) in [6, 6.07) is 31.7. The Morgan fingerprint density at radius 1 is 0.857 bits per heavy atom. The van der Waals surface area contributed by atoms with E-state index in [1.54, 1.807) is 36.4 Å². The predicted octanol–water partition coefficient (Wildman–Crippen LogP) is 9.15. The molecule has 42 heavy (non-hydrogen) atoms. The molecule has 0 radical (unpaired) electrons. The molecule has 0 fully saturated rings. The number of carbonyl (C=O) groups is 2. The Bertz CT molecular complexity index is 2010. The molecule has 0 saturated heterocycles. The molecule has 0 saturated carbocycles. The number of hydrogen-bond acceptors (Lipinski definition) is 4. The van der Waals surface area contributed by atoms with E-state index in [1.165, 1.54) is 6.21 Å². The van der Waals surface area contributed by atoms with Gasteiger partial charge >= 0.3 is 5.97 Å². The molecule has 0 aliphatic heterocycles. The SMILES string of the molecule is O=C(Oc1c(Br)cc(Br)cc1C=NNC(=O)c1[nH]c2c(ccc3ccccc32)c1-c1ccccc1)c1ccc(Cl)cc1. The van der Waals surface area contributed by atoms with E-state index in [0.717, 1.165) is 37.3 Å². The fraction of sp³-hybridized carbons (Fsp3) is 0. The Kier molecular flexibility index (Phi) is 7.93. The summed E-state index contributed by atoms with van der Waals surface area (Å²) in [7, 11) is 0. The minimum Gasteiger partial charge on any atom is -0.421 e. The highest BCUT2D eigenvalue weighted by Crippen LogP contribution is 2.36. The quantitative estimate of drug-likeness (QED) is 0.0787. The van der Waals surface area contributed by atoms with Gasteiger partial charge in [-0.3, -0.25) is 4.79 Å². The van der Waals surface area contributed by atoms with Crippen LogP contribution in [0.4, 0.5) is 0 Å². The standard InChI is InChI=1S/C33H20Br2ClN3O3/c34-23-16-22(31(27(35)17-23)42-33(41)21-10-13-24(36)14-11-21)18-37-39-32(40)30-28(20-7-2-1-3-8-20)26-15-12-19-6-4-5-9-25(19)29(26)38-30/h1-18,38H,(H,39,40). The molecule has 0 atom stereocenters. The van der Waals surface area contributed by atoms with Crippen LogP contribution in [-0.2, 0) is 0 Å². The molecule has 1 amide bonds. The Morgan fingerprint density at radius 3 is 2.38 bits per heavy atom. The Morgan fingerprint density at radius 2 is 1.60 bits per heavy atom. The molecule has 1 aromatic heterocycles. The van der Waals surface area contributed by atoms with Gasteiger partial charge in [-0.1, -0.05) is 94.3 Å². The van der Waals surface area contributed by atoms with Crippen LogP contribution < -0.4 is 10.2 Å². The van der Waals surface area contributed by atoms with E-state index in [9.17, 15) is 9.59 Å². The number of H-pyrrole nitrogens is 1. The molecule has 6 rings (SSSR count). The fourth-order valence-electron chi connectivity index (χ4n) is 4.75. The lowest BCUT2D eigenvalue weighted by Gasteiger charge is -2.11. The highest BCUT2D eigenvalue weighted by molar-refractivity contribution is 9.11. The molecule has 0 bridgehead atoms. The van der Waals surface area contributed by atoms with E-state index < -0.39 is 11.9 Å². The summed E-state index contributed by atoms with van der Waals surface area (Å²) in [6.45, 7) is 0. The third-order valence-corrected chi connectivity index (χ3v) is 7.97. The monoisotopic (exact) mass is 699 g/mol. The molecule has 6 aromatic rings. The van der Waals surface area contributed by atoms with Crippen LogP contribution in [0.3, 0.4) is 0 Å². The smallest absolute Gasteiger partial charge is 0.343 e. The first-order chi connectivity index (χ1) is 20.4. The summed E-state index contributed by atoms with van der Waals surface area (Å²) >= 11 is 12.9. The van der Waals surface area contributed by atoms with Crippen molar-refractivity contribution in [1.29, 1.82) is 0 Å². The van der Waals surface area contributed by atoms with Gasteiger partial charge in [0.25, 0.3) is 5.91 Å². The van der Waals surface area contributed by atoms with Gasteiger partial charge in [0.1, 0.15) is 5.69 Å². The number of amides is 1. The van der Waals surface area contributed by atoms with Crippen LogP contribution in [0.1, 0.15) is 26.4 Å². The average molecular weight is 702 g/mol. The molecule has 0 aliphatic rings. The summed E-state index contributed by atoms with van der Waals surface area (Å²) < 4.78 is 6.95. The number of benzene rings is 5. The number of nitrogens with one attached hydrogen (secondary N) is 2. The van der Waals surface area contributed by atoms with Gasteiger partial charge < -0.3 is 9.72 Å². The molecule has 206 valence electrons.